The Morgan fingerprint density at radius 2 is 1.75 bits per heavy atom. The van der Waals surface area contributed by atoms with Gasteiger partial charge < -0.3 is 19.9 Å². The monoisotopic (exact) mass is 560 g/mol. The van der Waals surface area contributed by atoms with Crippen LogP contribution < -0.4 is 10.2 Å². The number of unbranched alkanes of at least 4 members (excludes halogenated alkanes) is 2. The lowest BCUT2D eigenvalue weighted by atomic mass is 10.00. The van der Waals surface area contributed by atoms with Gasteiger partial charge in [0.2, 0.25) is 0 Å². The fourth-order valence-corrected chi connectivity index (χ4v) is 3.70. The van der Waals surface area contributed by atoms with Gasteiger partial charge in [-0.2, -0.15) is 0 Å². The van der Waals surface area contributed by atoms with Crippen LogP contribution in [-0.4, -0.2) is 59.3 Å². The highest BCUT2D eigenvalue weighted by atomic mass is 16.6. The lowest BCUT2D eigenvalue weighted by Crippen LogP contribution is -2.35. The third kappa shape index (κ3) is 10.3. The van der Waals surface area contributed by atoms with Gasteiger partial charge in [-0.05, 0) is 38.0 Å². The second-order valence-corrected chi connectivity index (χ2v) is 8.69. The summed E-state index contributed by atoms with van der Waals surface area (Å²) < 4.78 is 10.5. The number of anilines is 2. The van der Waals surface area contributed by atoms with Crippen LogP contribution in [0.4, 0.5) is 27.5 Å². The number of para-hydroxylation sites is 1. The van der Waals surface area contributed by atoms with Crippen LogP contribution in [0, 0.1) is 26.1 Å². The number of carboxylic acids is 1. The number of ether oxygens (including phenoxy) is 2. The quantitative estimate of drug-likeness (QED) is 0.110. The minimum atomic E-state index is -1.19. The van der Waals surface area contributed by atoms with Crippen LogP contribution in [-0.2, 0) is 19.1 Å². The summed E-state index contributed by atoms with van der Waals surface area (Å²) in [6.45, 7) is 1.64. The summed E-state index contributed by atoms with van der Waals surface area (Å²) in [5.41, 5.74) is -0.111. The van der Waals surface area contributed by atoms with E-state index < -0.39 is 33.5 Å². The van der Waals surface area contributed by atoms with Gasteiger partial charge >= 0.3 is 12.1 Å². The number of hydrogen-bond donors (Lipinski definition) is 2. The molecular weight excluding hydrogens is 528 g/mol. The normalized spacial score (nSPS) is 11.3. The molecule has 2 N–H and O–H groups in total. The topological polar surface area (TPSA) is 191 Å². The average molecular weight is 561 g/mol. The molecule has 0 fully saturated rings. The number of amides is 1. The van der Waals surface area contributed by atoms with Crippen molar-refractivity contribution in [2.24, 2.45) is 5.92 Å². The molecule has 2 aromatic carbocycles. The van der Waals surface area contributed by atoms with Gasteiger partial charge in [0, 0.05) is 31.1 Å². The Balaban J connectivity index is 1.76. The lowest BCUT2D eigenvalue weighted by Gasteiger charge is -2.22. The summed E-state index contributed by atoms with van der Waals surface area (Å²) in [7, 11) is 0. The van der Waals surface area contributed by atoms with Gasteiger partial charge in [0.1, 0.15) is 18.2 Å². The molecule has 0 unspecified atom stereocenters. The summed E-state index contributed by atoms with van der Waals surface area (Å²) in [5.74, 6) is -2.53. The predicted octanol–water partition coefficient (Wildman–Crippen LogP) is 4.77. The number of nitro benzene ring substituents is 2. The first-order valence-corrected chi connectivity index (χ1v) is 12.6. The van der Waals surface area contributed by atoms with Crippen LogP contribution in [0.3, 0.4) is 0 Å². The van der Waals surface area contributed by atoms with Crippen molar-refractivity contribution in [3.63, 3.8) is 0 Å². The number of ketones is 1. The Morgan fingerprint density at radius 3 is 2.38 bits per heavy atom. The van der Waals surface area contributed by atoms with Gasteiger partial charge in [-0.3, -0.25) is 34.7 Å². The van der Waals surface area contributed by atoms with Gasteiger partial charge in [-0.15, -0.1) is 0 Å². The van der Waals surface area contributed by atoms with Crippen molar-refractivity contribution in [3.05, 3.63) is 68.8 Å². The number of hydrogen-bond acceptors (Lipinski definition) is 10. The summed E-state index contributed by atoms with van der Waals surface area (Å²) in [5, 5.41) is 34.4. The van der Waals surface area contributed by atoms with Crippen LogP contribution in [0.5, 0.6) is 0 Å². The molecule has 0 aliphatic carbocycles. The number of benzene rings is 2. The largest absolute Gasteiger partial charge is 0.481 e. The van der Waals surface area contributed by atoms with E-state index in [1.165, 1.54) is 17.0 Å². The lowest BCUT2D eigenvalue weighted by molar-refractivity contribution is -0.393. The van der Waals surface area contributed by atoms with Gasteiger partial charge in [0.25, 0.3) is 11.4 Å². The number of carbonyl (C=O) groups is 3. The first-order valence-electron chi connectivity index (χ1n) is 12.6. The molecule has 0 heterocycles. The molecule has 0 bridgehead atoms. The molecule has 14 heteroatoms. The SMILES string of the molecule is CCOC(=O)N(COC[C@H](CC(=O)CCCCCNc1ccc([N+](=O)[O-])cc1[N+](=O)[O-])C(=O)O)c1ccccc1. The molecule has 0 aliphatic rings. The Labute approximate surface area is 230 Å². The number of carbonyl (C=O) groups excluding carboxylic acids is 2. The van der Waals surface area contributed by atoms with Crippen molar-refractivity contribution < 1.29 is 38.8 Å². The number of aliphatic carboxylic acids is 1. The fraction of sp³-hybridized carbons (Fsp3) is 0.423. The summed E-state index contributed by atoms with van der Waals surface area (Å²) in [6, 6.07) is 11.9. The molecule has 1 atom stereocenters. The zero-order valence-electron chi connectivity index (χ0n) is 22.0. The molecule has 40 heavy (non-hydrogen) atoms. The van der Waals surface area contributed by atoms with E-state index in [1.54, 1.807) is 37.3 Å². The van der Waals surface area contributed by atoms with E-state index in [2.05, 4.69) is 5.32 Å². The highest BCUT2D eigenvalue weighted by Crippen LogP contribution is 2.29. The summed E-state index contributed by atoms with van der Waals surface area (Å²) in [4.78, 5) is 58.2. The maximum atomic E-state index is 12.4. The van der Waals surface area contributed by atoms with E-state index in [4.69, 9.17) is 9.47 Å². The van der Waals surface area contributed by atoms with Crippen molar-refractivity contribution in [2.45, 2.75) is 39.0 Å². The van der Waals surface area contributed by atoms with E-state index in [9.17, 15) is 39.7 Å². The molecule has 0 saturated heterocycles. The Kier molecular flexibility index (Phi) is 13.0. The van der Waals surface area contributed by atoms with Crippen LogP contribution >= 0.6 is 0 Å². The zero-order chi connectivity index (χ0) is 29.5. The number of nitrogens with zero attached hydrogens (tertiary/aromatic N) is 3. The van der Waals surface area contributed by atoms with E-state index in [1.807, 2.05) is 0 Å². The zero-order valence-corrected chi connectivity index (χ0v) is 22.0. The summed E-state index contributed by atoms with van der Waals surface area (Å²) >= 11 is 0. The number of carboxylic acid groups (broad SMARTS) is 1. The van der Waals surface area contributed by atoms with E-state index in [-0.39, 0.29) is 49.9 Å². The van der Waals surface area contributed by atoms with Crippen molar-refractivity contribution in [2.75, 3.05) is 36.7 Å². The molecule has 2 aromatic rings. The van der Waals surface area contributed by atoms with Crippen LogP contribution in [0.15, 0.2) is 48.5 Å². The molecule has 14 nitrogen and oxygen atoms in total. The van der Waals surface area contributed by atoms with E-state index in [0.29, 0.717) is 31.5 Å². The third-order valence-corrected chi connectivity index (χ3v) is 5.76. The Hall–Kier alpha value is -4.59. The minimum Gasteiger partial charge on any atom is -0.481 e. The smallest absolute Gasteiger partial charge is 0.416 e. The van der Waals surface area contributed by atoms with Crippen molar-refractivity contribution in [3.8, 4) is 0 Å². The standard InChI is InChI=1S/C26H32N4O10/c1-2-40-26(34)28(20-9-5-3-6-10-20)18-39-17-19(25(32)33)15-22(31)11-7-4-8-14-27-23-13-12-21(29(35)36)16-24(23)30(37)38/h3,5-6,9-10,12-13,16,19,27H,2,4,7-8,11,14-15,17-18H2,1H3,(H,32,33)/t19-/m0/s1. The van der Waals surface area contributed by atoms with E-state index in [0.717, 1.165) is 6.07 Å². The molecule has 216 valence electrons. The van der Waals surface area contributed by atoms with Crippen LogP contribution in [0.1, 0.15) is 39.0 Å². The second kappa shape index (κ2) is 16.4. The molecule has 0 spiro atoms. The maximum absolute atomic E-state index is 12.4. The van der Waals surface area contributed by atoms with Crippen molar-refractivity contribution in [1.82, 2.24) is 0 Å². The van der Waals surface area contributed by atoms with Crippen LogP contribution in [0.2, 0.25) is 0 Å². The van der Waals surface area contributed by atoms with E-state index >= 15 is 0 Å². The minimum absolute atomic E-state index is 0.153. The predicted molar refractivity (Wildman–Crippen MR) is 144 cm³/mol. The molecule has 0 saturated carbocycles. The first kappa shape index (κ1) is 31.6. The molecule has 0 aromatic heterocycles. The molecular formula is C26H32N4O10. The molecule has 0 radical (unpaired) electrons. The first-order chi connectivity index (χ1) is 19.1. The number of nitro groups is 2. The van der Waals surface area contributed by atoms with Gasteiger partial charge in [-0.1, -0.05) is 24.6 Å². The Bertz CT molecular complexity index is 1180. The average Bonchev–Trinajstić information content (AvgIpc) is 2.92. The van der Waals surface area contributed by atoms with Gasteiger partial charge in [-0.25, -0.2) is 4.79 Å². The number of Topliss-reactive ketones (excluding diaryl/α,β-unsaturated/α-hetero) is 1. The highest BCUT2D eigenvalue weighted by molar-refractivity contribution is 5.87. The second-order valence-electron chi connectivity index (χ2n) is 8.69. The van der Waals surface area contributed by atoms with Gasteiger partial charge in [0.15, 0.2) is 0 Å². The fourth-order valence-electron chi connectivity index (χ4n) is 3.70. The van der Waals surface area contributed by atoms with Crippen molar-refractivity contribution in [1.29, 1.82) is 0 Å². The van der Waals surface area contributed by atoms with Crippen molar-refractivity contribution >= 4 is 40.6 Å². The number of rotatable bonds is 18. The molecule has 0 aliphatic heterocycles. The van der Waals surface area contributed by atoms with Gasteiger partial charge in [0.05, 0.1) is 35.0 Å². The van der Waals surface area contributed by atoms with Crippen LogP contribution in [0.25, 0.3) is 0 Å². The Morgan fingerprint density at radius 1 is 1.02 bits per heavy atom. The molecule has 2 rings (SSSR count). The maximum Gasteiger partial charge on any atom is 0.416 e. The highest BCUT2D eigenvalue weighted by Gasteiger charge is 2.24. The summed E-state index contributed by atoms with van der Waals surface area (Å²) in [6.07, 6.45) is 0.929. The number of nitrogens with one attached hydrogen (secondary N) is 1. The molecule has 1 amide bonds. The number of non-ortho nitro benzene ring substituents is 1. The third-order valence-electron chi connectivity index (χ3n) is 5.76.